The molecule has 0 saturated heterocycles. The highest BCUT2D eigenvalue weighted by Crippen LogP contribution is 2.61. The summed E-state index contributed by atoms with van der Waals surface area (Å²) >= 11 is 1.92. The predicted octanol–water partition coefficient (Wildman–Crippen LogP) is 4.95. The standard InChI is InChI=1S/C21H27NOS/c23-20(22-18-5-6-24-19-4-2-1-3-17(18)19)13-21-10-14-7-15(11-21)9-16(8-14)12-21/h1-4,14-16,18H,5-13H2,(H,22,23)/t14?,15?,16?,18-,21?/m1/s1. The van der Waals surface area contributed by atoms with Crippen molar-refractivity contribution >= 4 is 17.7 Å². The van der Waals surface area contributed by atoms with E-state index in [-0.39, 0.29) is 6.04 Å². The fourth-order valence-electron chi connectivity index (χ4n) is 6.58. The summed E-state index contributed by atoms with van der Waals surface area (Å²) in [6.45, 7) is 0. The van der Waals surface area contributed by atoms with Crippen molar-refractivity contribution in [1.82, 2.24) is 5.32 Å². The van der Waals surface area contributed by atoms with Crippen molar-refractivity contribution in [2.24, 2.45) is 23.2 Å². The van der Waals surface area contributed by atoms with E-state index in [4.69, 9.17) is 0 Å². The van der Waals surface area contributed by atoms with Gasteiger partial charge in [0.2, 0.25) is 5.91 Å². The number of carbonyl (C=O) groups is 1. The van der Waals surface area contributed by atoms with Gasteiger partial charge in [-0.2, -0.15) is 0 Å². The molecule has 4 aliphatic carbocycles. The number of rotatable bonds is 3. The summed E-state index contributed by atoms with van der Waals surface area (Å²) in [5.74, 6) is 4.20. The van der Waals surface area contributed by atoms with E-state index in [0.29, 0.717) is 11.3 Å². The van der Waals surface area contributed by atoms with Crippen LogP contribution < -0.4 is 5.32 Å². The van der Waals surface area contributed by atoms with Crippen molar-refractivity contribution in [1.29, 1.82) is 0 Å². The molecule has 5 aliphatic rings. The van der Waals surface area contributed by atoms with Crippen molar-refractivity contribution < 1.29 is 4.79 Å². The van der Waals surface area contributed by atoms with Crippen LogP contribution in [0.5, 0.6) is 0 Å². The van der Waals surface area contributed by atoms with E-state index >= 15 is 0 Å². The molecule has 1 aromatic carbocycles. The van der Waals surface area contributed by atoms with Crippen molar-refractivity contribution in [2.45, 2.75) is 62.3 Å². The molecule has 0 unspecified atom stereocenters. The van der Waals surface area contributed by atoms with Crippen LogP contribution in [0, 0.1) is 23.2 Å². The van der Waals surface area contributed by atoms with E-state index in [1.54, 1.807) is 0 Å². The smallest absolute Gasteiger partial charge is 0.221 e. The molecule has 2 nitrogen and oxygen atoms in total. The number of fused-ring (bicyclic) bond motifs is 1. The summed E-state index contributed by atoms with van der Waals surface area (Å²) in [5.41, 5.74) is 1.68. The molecule has 1 N–H and O–H groups in total. The van der Waals surface area contributed by atoms with Crippen LogP contribution in [0.1, 0.15) is 63.0 Å². The maximum atomic E-state index is 12.9. The lowest BCUT2D eigenvalue weighted by atomic mass is 9.49. The zero-order chi connectivity index (χ0) is 16.1. The number of benzene rings is 1. The van der Waals surface area contributed by atoms with Gasteiger partial charge in [0.05, 0.1) is 6.04 Å². The number of nitrogens with one attached hydrogen (secondary N) is 1. The van der Waals surface area contributed by atoms with Crippen LogP contribution in [-0.4, -0.2) is 11.7 Å². The van der Waals surface area contributed by atoms with Crippen molar-refractivity contribution in [3.05, 3.63) is 29.8 Å². The summed E-state index contributed by atoms with van der Waals surface area (Å²) in [5, 5.41) is 3.40. The average molecular weight is 342 g/mol. The first-order valence-corrected chi connectivity index (χ1v) is 10.7. The van der Waals surface area contributed by atoms with Gasteiger partial charge in [-0.25, -0.2) is 0 Å². The molecule has 6 rings (SSSR count). The molecular weight excluding hydrogens is 314 g/mol. The minimum Gasteiger partial charge on any atom is -0.349 e. The SMILES string of the molecule is O=C(CC12CC3CC(CC(C3)C1)C2)N[C@@H]1CCSc2ccccc21. The summed E-state index contributed by atoms with van der Waals surface area (Å²) in [7, 11) is 0. The van der Waals surface area contributed by atoms with E-state index in [2.05, 4.69) is 29.6 Å². The van der Waals surface area contributed by atoms with Gasteiger partial charge in [-0.1, -0.05) is 18.2 Å². The lowest BCUT2D eigenvalue weighted by molar-refractivity contribution is -0.130. The van der Waals surface area contributed by atoms with E-state index in [1.807, 2.05) is 11.8 Å². The number of amides is 1. The first-order chi connectivity index (χ1) is 11.7. The highest BCUT2D eigenvalue weighted by Gasteiger charge is 2.51. The summed E-state index contributed by atoms with van der Waals surface area (Å²) in [6, 6.07) is 8.81. The van der Waals surface area contributed by atoms with Crippen LogP contribution in [0.25, 0.3) is 0 Å². The molecule has 0 radical (unpaired) electrons. The molecule has 24 heavy (non-hydrogen) atoms. The second kappa shape index (κ2) is 5.79. The maximum Gasteiger partial charge on any atom is 0.221 e. The van der Waals surface area contributed by atoms with Crippen molar-refractivity contribution in [3.63, 3.8) is 0 Å². The second-order valence-corrected chi connectivity index (χ2v) is 10.0. The van der Waals surface area contributed by atoms with Crippen molar-refractivity contribution in [3.8, 4) is 0 Å². The summed E-state index contributed by atoms with van der Waals surface area (Å²) in [6.07, 6.45) is 10.2. The number of carbonyl (C=O) groups excluding carboxylic acids is 1. The van der Waals surface area contributed by atoms with Crippen LogP contribution >= 0.6 is 11.8 Å². The molecule has 0 aromatic heterocycles. The lowest BCUT2D eigenvalue weighted by Crippen LogP contribution is -2.48. The van der Waals surface area contributed by atoms with Crippen LogP contribution in [0.4, 0.5) is 0 Å². The quantitative estimate of drug-likeness (QED) is 0.843. The van der Waals surface area contributed by atoms with Gasteiger partial charge < -0.3 is 5.32 Å². The van der Waals surface area contributed by atoms with Gasteiger partial charge in [0, 0.05) is 17.1 Å². The van der Waals surface area contributed by atoms with Gasteiger partial charge in [0.15, 0.2) is 0 Å². The topological polar surface area (TPSA) is 29.1 Å². The molecule has 4 fully saturated rings. The van der Waals surface area contributed by atoms with E-state index < -0.39 is 0 Å². The fourth-order valence-corrected chi connectivity index (χ4v) is 7.71. The zero-order valence-electron chi connectivity index (χ0n) is 14.3. The minimum atomic E-state index is 0.226. The molecule has 1 amide bonds. The average Bonchev–Trinajstić information content (AvgIpc) is 2.53. The maximum absolute atomic E-state index is 12.9. The van der Waals surface area contributed by atoms with Gasteiger partial charge in [-0.05, 0) is 79.7 Å². The van der Waals surface area contributed by atoms with Crippen LogP contribution in [0.2, 0.25) is 0 Å². The first kappa shape index (κ1) is 15.3. The molecule has 1 aliphatic heterocycles. The van der Waals surface area contributed by atoms with Gasteiger partial charge in [0.25, 0.3) is 0 Å². The van der Waals surface area contributed by atoms with E-state index in [9.17, 15) is 4.79 Å². The lowest BCUT2D eigenvalue weighted by Gasteiger charge is -2.56. The molecule has 4 bridgehead atoms. The molecule has 1 heterocycles. The normalized spacial score (nSPS) is 39.5. The number of thioether (sulfide) groups is 1. The van der Waals surface area contributed by atoms with Gasteiger partial charge in [-0.3, -0.25) is 4.79 Å². The Hall–Kier alpha value is -0.960. The monoisotopic (exact) mass is 341 g/mol. The van der Waals surface area contributed by atoms with Crippen LogP contribution in [0.3, 0.4) is 0 Å². The first-order valence-electron chi connectivity index (χ1n) is 9.70. The molecule has 128 valence electrons. The molecule has 0 spiro atoms. The summed E-state index contributed by atoms with van der Waals surface area (Å²) < 4.78 is 0. The molecule has 1 aromatic rings. The number of hydrogen-bond acceptors (Lipinski definition) is 2. The Bertz CT molecular complexity index is 620. The van der Waals surface area contributed by atoms with Crippen LogP contribution in [0.15, 0.2) is 29.2 Å². The Labute approximate surface area is 149 Å². The molecular formula is C21H27NOS. The zero-order valence-corrected chi connectivity index (χ0v) is 15.1. The highest BCUT2D eigenvalue weighted by atomic mass is 32.2. The fraction of sp³-hybridized carbons (Fsp3) is 0.667. The number of hydrogen-bond donors (Lipinski definition) is 1. The Kier molecular flexibility index (Phi) is 3.69. The Morgan fingerprint density at radius 3 is 2.46 bits per heavy atom. The highest BCUT2D eigenvalue weighted by molar-refractivity contribution is 7.99. The third-order valence-electron chi connectivity index (χ3n) is 6.99. The van der Waals surface area contributed by atoms with Crippen LogP contribution in [-0.2, 0) is 4.79 Å². The summed E-state index contributed by atoms with van der Waals surface area (Å²) in [4.78, 5) is 14.2. The minimum absolute atomic E-state index is 0.226. The van der Waals surface area contributed by atoms with Crippen molar-refractivity contribution in [2.75, 3.05) is 5.75 Å². The third-order valence-corrected chi connectivity index (χ3v) is 8.12. The third kappa shape index (κ3) is 2.69. The van der Waals surface area contributed by atoms with E-state index in [1.165, 1.54) is 49.0 Å². The largest absolute Gasteiger partial charge is 0.349 e. The van der Waals surface area contributed by atoms with Gasteiger partial charge >= 0.3 is 0 Å². The van der Waals surface area contributed by atoms with E-state index in [0.717, 1.165) is 36.3 Å². The Morgan fingerprint density at radius 2 is 1.75 bits per heavy atom. The Morgan fingerprint density at radius 1 is 1.08 bits per heavy atom. The Balaban J connectivity index is 1.29. The molecule has 4 saturated carbocycles. The second-order valence-electron chi connectivity index (χ2n) is 8.89. The van der Waals surface area contributed by atoms with Gasteiger partial charge in [0.1, 0.15) is 0 Å². The molecule has 1 atom stereocenters. The predicted molar refractivity (Wildman–Crippen MR) is 97.9 cm³/mol. The van der Waals surface area contributed by atoms with Gasteiger partial charge in [-0.15, -0.1) is 11.8 Å². The molecule has 3 heteroatoms.